The highest BCUT2D eigenvalue weighted by Crippen LogP contribution is 2.33. The van der Waals surface area contributed by atoms with Gasteiger partial charge in [0.2, 0.25) is 0 Å². The number of nitro groups is 2. The first-order valence-electron chi connectivity index (χ1n) is 9.43. The number of thioether (sulfide) groups is 1. The molecule has 2 heterocycles. The molecule has 10 nitrogen and oxygen atoms in total. The second-order valence-corrected chi connectivity index (χ2v) is 7.89. The van der Waals surface area contributed by atoms with Gasteiger partial charge in [0.05, 0.1) is 14.8 Å². The highest BCUT2D eigenvalue weighted by atomic mass is 32.2. The fourth-order valence-electron chi connectivity index (χ4n) is 3.44. The molecular formula is C20H17N5O5S. The molecule has 0 unspecified atom stereocenters. The predicted molar refractivity (Wildman–Crippen MR) is 118 cm³/mol. The summed E-state index contributed by atoms with van der Waals surface area (Å²) < 4.78 is 0. The van der Waals surface area contributed by atoms with Crippen molar-refractivity contribution < 1.29 is 14.6 Å². The first kappa shape index (κ1) is 20.5. The lowest BCUT2D eigenvalue weighted by molar-refractivity contribution is -0.384. The number of carbonyl (C=O) groups excluding carboxylic acids is 1. The Morgan fingerprint density at radius 1 is 0.935 bits per heavy atom. The molecule has 2 aliphatic rings. The highest BCUT2D eigenvalue weighted by molar-refractivity contribution is 8.18. The SMILES string of the molecule is O=C1N=C(N2CCN(c3ccccc3[N+](=O)[O-])CC2)S/C1=C/c1cccc([N+](=O)[O-])c1. The Labute approximate surface area is 181 Å². The Bertz CT molecular complexity index is 1120. The van der Waals surface area contributed by atoms with Gasteiger partial charge in [-0.1, -0.05) is 24.3 Å². The molecule has 4 rings (SSSR count). The van der Waals surface area contributed by atoms with Crippen LogP contribution in [-0.4, -0.2) is 52.0 Å². The number of nitro benzene ring substituents is 2. The molecule has 2 aliphatic heterocycles. The van der Waals surface area contributed by atoms with Crippen molar-refractivity contribution in [2.24, 2.45) is 4.99 Å². The van der Waals surface area contributed by atoms with Gasteiger partial charge in [-0.2, -0.15) is 4.99 Å². The molecule has 2 aromatic carbocycles. The Kier molecular flexibility index (Phi) is 5.67. The number of anilines is 1. The highest BCUT2D eigenvalue weighted by Gasteiger charge is 2.30. The molecule has 1 saturated heterocycles. The van der Waals surface area contributed by atoms with E-state index in [1.54, 1.807) is 36.4 Å². The molecule has 1 amide bonds. The fraction of sp³-hybridized carbons (Fsp3) is 0.200. The molecule has 0 N–H and O–H groups in total. The topological polar surface area (TPSA) is 122 Å². The van der Waals surface area contributed by atoms with E-state index in [2.05, 4.69) is 4.99 Å². The van der Waals surface area contributed by atoms with Crippen molar-refractivity contribution in [2.45, 2.75) is 0 Å². The van der Waals surface area contributed by atoms with Crippen LogP contribution in [0.5, 0.6) is 0 Å². The minimum Gasteiger partial charge on any atom is -0.362 e. The molecule has 0 radical (unpaired) electrons. The van der Waals surface area contributed by atoms with Gasteiger partial charge in [0.25, 0.3) is 17.3 Å². The number of non-ortho nitro benzene ring substituents is 1. The van der Waals surface area contributed by atoms with E-state index in [0.717, 1.165) is 0 Å². The van der Waals surface area contributed by atoms with Gasteiger partial charge in [-0.15, -0.1) is 0 Å². The van der Waals surface area contributed by atoms with E-state index in [1.165, 1.54) is 30.0 Å². The van der Waals surface area contributed by atoms with E-state index in [-0.39, 0.29) is 22.2 Å². The molecule has 0 saturated carbocycles. The summed E-state index contributed by atoms with van der Waals surface area (Å²) in [6, 6.07) is 12.7. The maximum absolute atomic E-state index is 12.3. The van der Waals surface area contributed by atoms with Gasteiger partial charge < -0.3 is 9.80 Å². The first-order valence-corrected chi connectivity index (χ1v) is 10.2. The Morgan fingerprint density at radius 3 is 2.35 bits per heavy atom. The van der Waals surface area contributed by atoms with Gasteiger partial charge in [0.1, 0.15) is 5.69 Å². The van der Waals surface area contributed by atoms with E-state index in [1.807, 2.05) is 9.80 Å². The predicted octanol–water partition coefficient (Wildman–Crippen LogP) is 3.30. The van der Waals surface area contributed by atoms with E-state index >= 15 is 0 Å². The molecule has 0 aromatic heterocycles. The second-order valence-electron chi connectivity index (χ2n) is 6.88. The number of rotatable bonds is 4. The lowest BCUT2D eigenvalue weighted by atomic mass is 10.2. The molecule has 31 heavy (non-hydrogen) atoms. The van der Waals surface area contributed by atoms with Crippen LogP contribution < -0.4 is 4.90 Å². The molecule has 158 valence electrons. The number of piperazine rings is 1. The van der Waals surface area contributed by atoms with Crippen molar-refractivity contribution in [1.82, 2.24) is 4.90 Å². The number of hydrogen-bond donors (Lipinski definition) is 0. The summed E-state index contributed by atoms with van der Waals surface area (Å²) >= 11 is 1.23. The number of amides is 1. The fourth-order valence-corrected chi connectivity index (χ4v) is 4.40. The van der Waals surface area contributed by atoms with Gasteiger partial charge in [-0.05, 0) is 29.5 Å². The Balaban J connectivity index is 1.43. The summed E-state index contributed by atoms with van der Waals surface area (Å²) in [6.45, 7) is 2.25. The molecule has 1 fully saturated rings. The third-order valence-corrected chi connectivity index (χ3v) is 6.00. The second kappa shape index (κ2) is 8.56. The van der Waals surface area contributed by atoms with Gasteiger partial charge in [0, 0.05) is 44.4 Å². The van der Waals surface area contributed by atoms with Gasteiger partial charge >= 0.3 is 0 Å². The average Bonchev–Trinajstić information content (AvgIpc) is 3.14. The van der Waals surface area contributed by atoms with E-state index < -0.39 is 4.92 Å². The smallest absolute Gasteiger partial charge is 0.292 e. The van der Waals surface area contributed by atoms with Gasteiger partial charge in [-0.3, -0.25) is 25.0 Å². The summed E-state index contributed by atoms with van der Waals surface area (Å²) in [5, 5.41) is 22.8. The number of nitrogens with zero attached hydrogens (tertiary/aromatic N) is 5. The van der Waals surface area contributed by atoms with Crippen molar-refractivity contribution in [2.75, 3.05) is 31.1 Å². The minimum atomic E-state index is -0.482. The van der Waals surface area contributed by atoms with Crippen molar-refractivity contribution in [3.63, 3.8) is 0 Å². The largest absolute Gasteiger partial charge is 0.362 e. The number of hydrogen-bond acceptors (Lipinski definition) is 8. The zero-order chi connectivity index (χ0) is 22.0. The quantitative estimate of drug-likeness (QED) is 0.404. The maximum Gasteiger partial charge on any atom is 0.292 e. The molecule has 0 bridgehead atoms. The van der Waals surface area contributed by atoms with Crippen LogP contribution in [0.1, 0.15) is 5.56 Å². The molecule has 2 aromatic rings. The average molecular weight is 439 g/mol. The van der Waals surface area contributed by atoms with Crippen LogP contribution in [0.2, 0.25) is 0 Å². The van der Waals surface area contributed by atoms with Crippen molar-refractivity contribution in [3.8, 4) is 0 Å². The van der Waals surface area contributed by atoms with Crippen LogP contribution in [0.25, 0.3) is 6.08 Å². The summed E-state index contributed by atoms with van der Waals surface area (Å²) in [5.74, 6) is -0.382. The zero-order valence-corrected chi connectivity index (χ0v) is 17.0. The lowest BCUT2D eigenvalue weighted by Gasteiger charge is -2.36. The summed E-state index contributed by atoms with van der Waals surface area (Å²) in [7, 11) is 0. The van der Waals surface area contributed by atoms with Crippen molar-refractivity contribution in [1.29, 1.82) is 0 Å². The summed E-state index contributed by atoms with van der Waals surface area (Å²) in [5.41, 5.74) is 1.16. The first-order chi connectivity index (χ1) is 14.9. The maximum atomic E-state index is 12.3. The third-order valence-electron chi connectivity index (χ3n) is 4.96. The molecular weight excluding hydrogens is 422 g/mol. The number of benzene rings is 2. The van der Waals surface area contributed by atoms with Crippen LogP contribution in [-0.2, 0) is 4.79 Å². The molecule has 0 spiro atoms. The number of para-hydroxylation sites is 2. The van der Waals surface area contributed by atoms with Crippen LogP contribution in [0, 0.1) is 20.2 Å². The Morgan fingerprint density at radius 2 is 1.65 bits per heavy atom. The third kappa shape index (κ3) is 4.40. The molecule has 0 atom stereocenters. The zero-order valence-electron chi connectivity index (χ0n) is 16.2. The summed E-state index contributed by atoms with van der Waals surface area (Å²) in [4.78, 5) is 42.1. The molecule has 0 aliphatic carbocycles. The van der Waals surface area contributed by atoms with Crippen molar-refractivity contribution in [3.05, 3.63) is 79.2 Å². The van der Waals surface area contributed by atoms with Crippen molar-refractivity contribution >= 4 is 46.0 Å². The van der Waals surface area contributed by atoms with E-state index in [4.69, 9.17) is 0 Å². The Hall–Kier alpha value is -3.73. The number of amidine groups is 1. The summed E-state index contributed by atoms with van der Waals surface area (Å²) in [6.07, 6.45) is 1.60. The number of aliphatic imine (C=N–C) groups is 1. The normalized spacial score (nSPS) is 17.7. The standard InChI is InChI=1S/C20H17N5O5S/c26-19-18(13-14-4-3-5-15(12-14)24(27)28)31-20(21-19)23-10-8-22(9-11-23)16-6-1-2-7-17(16)25(29)30/h1-7,12-13H,8-11H2/b18-13+. The molecule has 11 heteroatoms. The lowest BCUT2D eigenvalue weighted by Crippen LogP contribution is -2.48. The van der Waals surface area contributed by atoms with Crippen LogP contribution in [0.15, 0.2) is 58.4 Å². The minimum absolute atomic E-state index is 0.0444. The van der Waals surface area contributed by atoms with Gasteiger partial charge in [-0.25, -0.2) is 0 Å². The van der Waals surface area contributed by atoms with E-state index in [0.29, 0.717) is 47.5 Å². The van der Waals surface area contributed by atoms with Crippen LogP contribution in [0.4, 0.5) is 17.1 Å². The van der Waals surface area contributed by atoms with Crippen LogP contribution >= 0.6 is 11.8 Å². The van der Waals surface area contributed by atoms with Crippen LogP contribution in [0.3, 0.4) is 0 Å². The van der Waals surface area contributed by atoms with E-state index in [9.17, 15) is 25.0 Å². The monoisotopic (exact) mass is 439 g/mol. The number of carbonyl (C=O) groups is 1. The van der Waals surface area contributed by atoms with Gasteiger partial charge in [0.15, 0.2) is 5.17 Å².